The average Bonchev–Trinajstić information content (AvgIpc) is 2.93. The molecule has 0 spiro atoms. The van der Waals surface area contributed by atoms with Crippen LogP contribution in [0.5, 0.6) is 5.75 Å². The molecule has 2 heterocycles. The third-order valence-corrected chi connectivity index (χ3v) is 4.79. The number of amides is 1. The SMILES string of the molecule is CC(=O)c1ccc(OCC(=O)N2CCCCCC2c2ccncc2)cc1. The Morgan fingerprint density at radius 2 is 1.81 bits per heavy atom. The fourth-order valence-corrected chi connectivity index (χ4v) is 3.35. The second-order valence-electron chi connectivity index (χ2n) is 6.60. The van der Waals surface area contributed by atoms with E-state index in [1.165, 1.54) is 6.92 Å². The summed E-state index contributed by atoms with van der Waals surface area (Å²) in [4.78, 5) is 30.2. The highest BCUT2D eigenvalue weighted by Gasteiger charge is 2.26. The van der Waals surface area contributed by atoms with Crippen LogP contribution in [0.2, 0.25) is 0 Å². The zero-order chi connectivity index (χ0) is 18.4. The molecule has 1 amide bonds. The van der Waals surface area contributed by atoms with Crippen LogP contribution in [0.25, 0.3) is 0 Å². The largest absolute Gasteiger partial charge is 0.484 e. The molecule has 1 atom stereocenters. The molecule has 0 aliphatic carbocycles. The Labute approximate surface area is 154 Å². The molecule has 26 heavy (non-hydrogen) atoms. The maximum Gasteiger partial charge on any atom is 0.261 e. The highest BCUT2D eigenvalue weighted by Crippen LogP contribution is 2.30. The van der Waals surface area contributed by atoms with Gasteiger partial charge < -0.3 is 9.64 Å². The van der Waals surface area contributed by atoms with Crippen molar-refractivity contribution in [1.29, 1.82) is 0 Å². The number of Topliss-reactive ketones (excluding diaryl/α,β-unsaturated/α-hetero) is 1. The minimum Gasteiger partial charge on any atom is -0.484 e. The number of hydrogen-bond donors (Lipinski definition) is 0. The van der Waals surface area contributed by atoms with Gasteiger partial charge in [-0.2, -0.15) is 0 Å². The van der Waals surface area contributed by atoms with E-state index in [1.807, 2.05) is 17.0 Å². The molecule has 0 saturated carbocycles. The molecular formula is C21H24N2O3. The highest BCUT2D eigenvalue weighted by molar-refractivity contribution is 5.94. The Morgan fingerprint density at radius 1 is 1.08 bits per heavy atom. The van der Waals surface area contributed by atoms with Gasteiger partial charge in [0.25, 0.3) is 5.91 Å². The van der Waals surface area contributed by atoms with Crippen LogP contribution in [0.15, 0.2) is 48.8 Å². The Kier molecular flexibility index (Phi) is 6.00. The van der Waals surface area contributed by atoms with E-state index < -0.39 is 0 Å². The number of carbonyl (C=O) groups excluding carboxylic acids is 2. The normalized spacial score (nSPS) is 17.4. The molecule has 0 bridgehead atoms. The van der Waals surface area contributed by atoms with Gasteiger partial charge in [0.1, 0.15) is 5.75 Å². The molecule has 1 aromatic heterocycles. The fourth-order valence-electron chi connectivity index (χ4n) is 3.35. The van der Waals surface area contributed by atoms with Gasteiger partial charge in [-0.15, -0.1) is 0 Å². The molecule has 0 N–H and O–H groups in total. The summed E-state index contributed by atoms with van der Waals surface area (Å²) < 4.78 is 5.67. The maximum absolute atomic E-state index is 12.8. The molecule has 1 aliphatic heterocycles. The van der Waals surface area contributed by atoms with Crippen molar-refractivity contribution in [2.45, 2.75) is 38.6 Å². The lowest BCUT2D eigenvalue weighted by Crippen LogP contribution is -2.38. The van der Waals surface area contributed by atoms with E-state index in [0.717, 1.165) is 37.8 Å². The van der Waals surface area contributed by atoms with E-state index in [0.29, 0.717) is 11.3 Å². The first-order chi connectivity index (χ1) is 12.6. The Bertz CT molecular complexity index is 744. The summed E-state index contributed by atoms with van der Waals surface area (Å²) in [5.41, 5.74) is 1.76. The molecule has 1 aromatic carbocycles. The second-order valence-corrected chi connectivity index (χ2v) is 6.60. The monoisotopic (exact) mass is 352 g/mol. The van der Waals surface area contributed by atoms with Gasteiger partial charge in [-0.05, 0) is 61.7 Å². The van der Waals surface area contributed by atoms with E-state index in [2.05, 4.69) is 4.98 Å². The lowest BCUT2D eigenvalue weighted by Gasteiger charge is -2.30. The smallest absolute Gasteiger partial charge is 0.261 e. The van der Waals surface area contributed by atoms with Crippen LogP contribution in [0, 0.1) is 0 Å². The van der Waals surface area contributed by atoms with Gasteiger partial charge in [-0.25, -0.2) is 0 Å². The molecule has 1 unspecified atom stereocenters. The summed E-state index contributed by atoms with van der Waals surface area (Å²) >= 11 is 0. The standard InChI is InChI=1S/C21H24N2O3/c1-16(24)17-6-8-19(9-7-17)26-15-21(25)23-14-4-2-3-5-20(23)18-10-12-22-13-11-18/h6-13,20H,2-5,14-15H2,1H3. The third kappa shape index (κ3) is 4.48. The van der Waals surface area contributed by atoms with E-state index in [1.54, 1.807) is 36.7 Å². The quantitative estimate of drug-likeness (QED) is 0.768. The second kappa shape index (κ2) is 8.61. The van der Waals surface area contributed by atoms with Crippen LogP contribution in [-0.2, 0) is 4.79 Å². The van der Waals surface area contributed by atoms with Crippen molar-refractivity contribution in [3.63, 3.8) is 0 Å². The van der Waals surface area contributed by atoms with Gasteiger partial charge in [0.2, 0.25) is 0 Å². The van der Waals surface area contributed by atoms with Crippen molar-refractivity contribution in [2.24, 2.45) is 0 Å². The van der Waals surface area contributed by atoms with Crippen molar-refractivity contribution in [1.82, 2.24) is 9.88 Å². The lowest BCUT2D eigenvalue weighted by atomic mass is 10.0. The molecule has 1 fully saturated rings. The minimum atomic E-state index is -0.00985. The predicted molar refractivity (Wildman–Crippen MR) is 99.1 cm³/mol. The first kappa shape index (κ1) is 18.1. The Hall–Kier alpha value is -2.69. The minimum absolute atomic E-state index is 0.000994. The molecule has 5 nitrogen and oxygen atoms in total. The van der Waals surface area contributed by atoms with E-state index in [-0.39, 0.29) is 24.3 Å². The number of ketones is 1. The van der Waals surface area contributed by atoms with Crippen LogP contribution >= 0.6 is 0 Å². The summed E-state index contributed by atoms with van der Waals surface area (Å²) in [5, 5.41) is 0. The van der Waals surface area contributed by atoms with Gasteiger partial charge in [0.05, 0.1) is 6.04 Å². The lowest BCUT2D eigenvalue weighted by molar-refractivity contribution is -0.135. The average molecular weight is 352 g/mol. The van der Waals surface area contributed by atoms with Crippen molar-refractivity contribution >= 4 is 11.7 Å². The molecule has 3 rings (SSSR count). The summed E-state index contributed by atoms with van der Waals surface area (Å²) in [5.74, 6) is 0.598. The number of aromatic nitrogens is 1. The fraction of sp³-hybridized carbons (Fsp3) is 0.381. The van der Waals surface area contributed by atoms with Gasteiger partial charge in [-0.3, -0.25) is 14.6 Å². The number of hydrogen-bond acceptors (Lipinski definition) is 4. The van der Waals surface area contributed by atoms with Crippen molar-refractivity contribution in [3.8, 4) is 5.75 Å². The van der Waals surface area contributed by atoms with Gasteiger partial charge in [0, 0.05) is 24.5 Å². The van der Waals surface area contributed by atoms with Crippen LogP contribution in [0.3, 0.4) is 0 Å². The molecule has 136 valence electrons. The summed E-state index contributed by atoms with van der Waals surface area (Å²) in [7, 11) is 0. The molecule has 1 saturated heterocycles. The van der Waals surface area contributed by atoms with Crippen LogP contribution < -0.4 is 4.74 Å². The Balaban J connectivity index is 1.67. The number of rotatable bonds is 5. The number of ether oxygens (including phenoxy) is 1. The first-order valence-corrected chi connectivity index (χ1v) is 9.08. The van der Waals surface area contributed by atoms with Crippen LogP contribution in [0.4, 0.5) is 0 Å². The highest BCUT2D eigenvalue weighted by atomic mass is 16.5. The molecule has 2 aromatic rings. The van der Waals surface area contributed by atoms with Crippen molar-refractivity contribution in [2.75, 3.05) is 13.2 Å². The van der Waals surface area contributed by atoms with E-state index in [9.17, 15) is 9.59 Å². The number of likely N-dealkylation sites (tertiary alicyclic amines) is 1. The molecular weight excluding hydrogens is 328 g/mol. The number of benzene rings is 1. The maximum atomic E-state index is 12.8. The number of pyridine rings is 1. The van der Waals surface area contributed by atoms with Gasteiger partial charge in [-0.1, -0.05) is 12.8 Å². The number of carbonyl (C=O) groups is 2. The Morgan fingerprint density at radius 3 is 2.50 bits per heavy atom. The van der Waals surface area contributed by atoms with Crippen molar-refractivity contribution in [3.05, 3.63) is 59.9 Å². The molecule has 1 aliphatic rings. The summed E-state index contributed by atoms with van der Waals surface area (Å²) in [6, 6.07) is 10.9. The van der Waals surface area contributed by atoms with Gasteiger partial charge in [0.15, 0.2) is 12.4 Å². The third-order valence-electron chi connectivity index (χ3n) is 4.79. The predicted octanol–water partition coefficient (Wildman–Crippen LogP) is 3.81. The topological polar surface area (TPSA) is 59.5 Å². The van der Waals surface area contributed by atoms with E-state index >= 15 is 0 Å². The van der Waals surface area contributed by atoms with Crippen LogP contribution in [0.1, 0.15) is 54.6 Å². The zero-order valence-electron chi connectivity index (χ0n) is 15.1. The number of nitrogens with zero attached hydrogens (tertiary/aromatic N) is 2. The molecule has 0 radical (unpaired) electrons. The summed E-state index contributed by atoms with van der Waals surface area (Å²) in [6.45, 7) is 2.28. The zero-order valence-corrected chi connectivity index (χ0v) is 15.1. The van der Waals surface area contributed by atoms with Gasteiger partial charge >= 0.3 is 0 Å². The molecule has 5 heteroatoms. The summed E-state index contributed by atoms with van der Waals surface area (Å²) in [6.07, 6.45) is 7.78. The van der Waals surface area contributed by atoms with Crippen molar-refractivity contribution < 1.29 is 14.3 Å². The van der Waals surface area contributed by atoms with E-state index in [4.69, 9.17) is 4.74 Å². The van der Waals surface area contributed by atoms with Crippen LogP contribution in [-0.4, -0.2) is 34.7 Å². The first-order valence-electron chi connectivity index (χ1n) is 9.08.